The fourth-order valence-corrected chi connectivity index (χ4v) is 1.98. The lowest BCUT2D eigenvalue weighted by atomic mass is 9.92. The van der Waals surface area contributed by atoms with Gasteiger partial charge in [0.15, 0.2) is 0 Å². The normalized spacial score (nSPS) is 13.1. The molecule has 0 heterocycles. The molecule has 0 bridgehead atoms. The van der Waals surface area contributed by atoms with Crippen LogP contribution in [0.25, 0.3) is 5.57 Å². The van der Waals surface area contributed by atoms with E-state index >= 15 is 0 Å². The minimum absolute atomic E-state index is 0.0741. The fraction of sp³-hybridized carbons (Fsp3) is 0.438. The number of amides is 1. The molecule has 2 N–H and O–H groups in total. The van der Waals surface area contributed by atoms with Gasteiger partial charge in [-0.25, -0.2) is 0 Å². The van der Waals surface area contributed by atoms with E-state index in [1.54, 1.807) is 6.07 Å². The SMILES string of the molecule is CN(CC(C)(CO)CO)C(=O)/C=C(/c1ccccc1)C(F)(F)F. The molecule has 0 unspecified atom stereocenters. The zero-order chi connectivity index (χ0) is 17.7. The number of aliphatic hydroxyl groups is 2. The molecule has 1 amide bonds. The number of likely N-dealkylation sites (N-methyl/N-ethyl adjacent to an activating group) is 1. The van der Waals surface area contributed by atoms with E-state index in [9.17, 15) is 28.2 Å². The summed E-state index contributed by atoms with van der Waals surface area (Å²) in [5, 5.41) is 18.4. The van der Waals surface area contributed by atoms with Gasteiger partial charge in [-0.15, -0.1) is 0 Å². The highest BCUT2D eigenvalue weighted by molar-refractivity contribution is 5.96. The summed E-state index contributed by atoms with van der Waals surface area (Å²) in [4.78, 5) is 13.1. The Hall–Kier alpha value is -1.86. The molecule has 0 spiro atoms. The first-order valence-electron chi connectivity index (χ1n) is 6.94. The van der Waals surface area contributed by atoms with E-state index in [1.807, 2.05) is 0 Å². The quantitative estimate of drug-likeness (QED) is 0.785. The zero-order valence-electron chi connectivity index (χ0n) is 13.0. The van der Waals surface area contributed by atoms with Gasteiger partial charge in [-0.1, -0.05) is 37.3 Å². The van der Waals surface area contributed by atoms with Gasteiger partial charge in [-0.2, -0.15) is 13.2 Å². The van der Waals surface area contributed by atoms with E-state index in [-0.39, 0.29) is 12.1 Å². The van der Waals surface area contributed by atoms with Crippen molar-refractivity contribution in [1.29, 1.82) is 0 Å². The number of hydrogen-bond acceptors (Lipinski definition) is 3. The van der Waals surface area contributed by atoms with Crippen LogP contribution in [-0.2, 0) is 4.79 Å². The van der Waals surface area contributed by atoms with Crippen molar-refractivity contribution in [3.8, 4) is 0 Å². The van der Waals surface area contributed by atoms with Crippen molar-refractivity contribution in [2.24, 2.45) is 5.41 Å². The Bertz CT molecular complexity index is 551. The van der Waals surface area contributed by atoms with Crippen molar-refractivity contribution in [2.45, 2.75) is 13.1 Å². The summed E-state index contributed by atoms with van der Waals surface area (Å²) >= 11 is 0. The van der Waals surface area contributed by atoms with Gasteiger partial charge in [0.05, 0.1) is 18.8 Å². The maximum atomic E-state index is 13.2. The lowest BCUT2D eigenvalue weighted by Gasteiger charge is -2.30. The molecule has 0 aliphatic carbocycles. The highest BCUT2D eigenvalue weighted by atomic mass is 19.4. The van der Waals surface area contributed by atoms with Gasteiger partial charge >= 0.3 is 6.18 Å². The van der Waals surface area contributed by atoms with Crippen LogP contribution in [0.15, 0.2) is 36.4 Å². The van der Waals surface area contributed by atoms with Gasteiger partial charge in [0.1, 0.15) is 0 Å². The van der Waals surface area contributed by atoms with E-state index in [1.165, 1.54) is 38.2 Å². The molecule has 0 aromatic heterocycles. The molecule has 0 saturated heterocycles. The summed E-state index contributed by atoms with van der Waals surface area (Å²) in [6.45, 7) is 0.670. The Kier molecular flexibility index (Phi) is 6.35. The minimum atomic E-state index is -4.67. The second-order valence-electron chi connectivity index (χ2n) is 5.74. The van der Waals surface area contributed by atoms with Gasteiger partial charge in [0, 0.05) is 25.1 Å². The van der Waals surface area contributed by atoms with E-state index in [0.717, 1.165) is 4.90 Å². The number of carbonyl (C=O) groups is 1. The van der Waals surface area contributed by atoms with Crippen LogP contribution in [0.4, 0.5) is 13.2 Å². The zero-order valence-corrected chi connectivity index (χ0v) is 13.0. The smallest absolute Gasteiger partial charge is 0.396 e. The van der Waals surface area contributed by atoms with Gasteiger partial charge in [-0.3, -0.25) is 4.79 Å². The van der Waals surface area contributed by atoms with Crippen LogP contribution in [0.1, 0.15) is 12.5 Å². The van der Waals surface area contributed by atoms with Gasteiger partial charge in [0.25, 0.3) is 0 Å². The third-order valence-electron chi connectivity index (χ3n) is 3.42. The molecule has 128 valence electrons. The minimum Gasteiger partial charge on any atom is -0.396 e. The maximum absolute atomic E-state index is 13.2. The topological polar surface area (TPSA) is 60.8 Å². The lowest BCUT2D eigenvalue weighted by molar-refractivity contribution is -0.127. The van der Waals surface area contributed by atoms with Crippen LogP contribution in [0, 0.1) is 5.41 Å². The number of nitrogens with zero attached hydrogens (tertiary/aromatic N) is 1. The van der Waals surface area contributed by atoms with Crippen molar-refractivity contribution in [2.75, 3.05) is 26.8 Å². The molecule has 23 heavy (non-hydrogen) atoms. The van der Waals surface area contributed by atoms with Crippen LogP contribution >= 0.6 is 0 Å². The third-order valence-corrected chi connectivity index (χ3v) is 3.42. The average molecular weight is 331 g/mol. The van der Waals surface area contributed by atoms with E-state index < -0.39 is 36.3 Å². The monoisotopic (exact) mass is 331 g/mol. The van der Waals surface area contributed by atoms with Crippen LogP contribution in [0.3, 0.4) is 0 Å². The highest BCUT2D eigenvalue weighted by Crippen LogP contribution is 2.33. The predicted molar refractivity (Wildman–Crippen MR) is 80.4 cm³/mol. The van der Waals surface area contributed by atoms with E-state index in [2.05, 4.69) is 0 Å². The van der Waals surface area contributed by atoms with Crippen LogP contribution in [0.2, 0.25) is 0 Å². The summed E-state index contributed by atoms with van der Waals surface area (Å²) in [6, 6.07) is 7.05. The van der Waals surface area contributed by atoms with Crippen molar-refractivity contribution in [1.82, 2.24) is 4.90 Å². The molecule has 4 nitrogen and oxygen atoms in total. The average Bonchev–Trinajstić information content (AvgIpc) is 2.51. The number of hydrogen-bond donors (Lipinski definition) is 2. The number of carbonyl (C=O) groups excluding carboxylic acids is 1. The van der Waals surface area contributed by atoms with Gasteiger partial charge < -0.3 is 15.1 Å². The van der Waals surface area contributed by atoms with Crippen LogP contribution < -0.4 is 0 Å². The fourth-order valence-electron chi connectivity index (χ4n) is 1.98. The summed E-state index contributed by atoms with van der Waals surface area (Å²) in [6.07, 6.45) is -4.14. The van der Waals surface area contributed by atoms with E-state index in [0.29, 0.717) is 6.08 Å². The number of benzene rings is 1. The Labute approximate surface area is 132 Å². The molecule has 1 aromatic carbocycles. The first kappa shape index (κ1) is 19.2. The Morgan fingerprint density at radius 1 is 1.17 bits per heavy atom. The molecule has 0 fully saturated rings. The van der Waals surface area contributed by atoms with Crippen molar-refractivity contribution < 1.29 is 28.2 Å². The number of allylic oxidation sites excluding steroid dienone is 1. The van der Waals surface area contributed by atoms with Crippen molar-refractivity contribution in [3.05, 3.63) is 42.0 Å². The standard InChI is InChI=1S/C16H20F3NO3/c1-15(10-21,11-22)9-20(2)14(23)8-13(16(17,18)19)12-6-4-3-5-7-12/h3-8,21-22H,9-11H2,1-2H3/b13-8-. The number of halogens is 3. The molecule has 1 aromatic rings. The van der Waals surface area contributed by atoms with Crippen LogP contribution in [-0.4, -0.2) is 54.0 Å². The summed E-state index contributed by atoms with van der Waals surface area (Å²) < 4.78 is 39.5. The summed E-state index contributed by atoms with van der Waals surface area (Å²) in [7, 11) is 1.32. The molecule has 7 heteroatoms. The Morgan fingerprint density at radius 3 is 2.13 bits per heavy atom. The Morgan fingerprint density at radius 2 is 1.70 bits per heavy atom. The first-order chi connectivity index (χ1) is 10.6. The molecule has 0 aliphatic heterocycles. The second-order valence-corrected chi connectivity index (χ2v) is 5.74. The van der Waals surface area contributed by atoms with Crippen molar-refractivity contribution >= 4 is 11.5 Å². The largest absolute Gasteiger partial charge is 0.417 e. The molecule has 0 atom stereocenters. The summed E-state index contributed by atoms with van der Waals surface area (Å²) in [5.74, 6) is -0.852. The Balaban J connectivity index is 3.06. The van der Waals surface area contributed by atoms with E-state index in [4.69, 9.17) is 0 Å². The molecule has 1 rings (SSSR count). The first-order valence-corrected chi connectivity index (χ1v) is 6.94. The van der Waals surface area contributed by atoms with Crippen LogP contribution in [0.5, 0.6) is 0 Å². The number of rotatable bonds is 6. The summed E-state index contributed by atoms with van der Waals surface area (Å²) in [5.41, 5.74) is -2.12. The molecule has 0 saturated carbocycles. The second kappa shape index (κ2) is 7.61. The molecular weight excluding hydrogens is 311 g/mol. The lowest BCUT2D eigenvalue weighted by Crippen LogP contribution is -2.41. The van der Waals surface area contributed by atoms with Gasteiger partial charge in [0.2, 0.25) is 5.91 Å². The maximum Gasteiger partial charge on any atom is 0.417 e. The van der Waals surface area contributed by atoms with Gasteiger partial charge in [-0.05, 0) is 5.56 Å². The molecular formula is C16H20F3NO3. The molecule has 0 radical (unpaired) electrons. The number of aliphatic hydroxyl groups excluding tert-OH is 2. The predicted octanol–water partition coefficient (Wildman–Crippen LogP) is 2.08. The molecule has 0 aliphatic rings. The third kappa shape index (κ3) is 5.37. The van der Waals surface area contributed by atoms with Crippen molar-refractivity contribution in [3.63, 3.8) is 0 Å². The highest BCUT2D eigenvalue weighted by Gasteiger charge is 2.36. The number of alkyl halides is 3.